The number of carbonyl (C=O) groups is 1. The van der Waals surface area contributed by atoms with Crippen molar-refractivity contribution >= 4 is 40.6 Å². The van der Waals surface area contributed by atoms with Gasteiger partial charge in [0.2, 0.25) is 0 Å². The number of anilines is 2. The Hall–Kier alpha value is -2.65. The average Bonchev–Trinajstić information content (AvgIpc) is 3.33. The van der Waals surface area contributed by atoms with Crippen LogP contribution in [0.15, 0.2) is 47.2 Å². The molecule has 11 heteroatoms. The summed E-state index contributed by atoms with van der Waals surface area (Å²) in [5, 5.41) is 9.64. The van der Waals surface area contributed by atoms with Crippen molar-refractivity contribution in [2.45, 2.75) is 24.7 Å². The molecule has 0 aliphatic carbocycles. The van der Waals surface area contributed by atoms with Crippen molar-refractivity contribution in [2.75, 3.05) is 10.6 Å². The Labute approximate surface area is 172 Å². The molecule has 0 fully saturated rings. The van der Waals surface area contributed by atoms with E-state index in [4.69, 9.17) is 27.6 Å². The summed E-state index contributed by atoms with van der Waals surface area (Å²) in [4.78, 5) is 12.7. The van der Waals surface area contributed by atoms with Gasteiger partial charge >= 0.3 is 6.18 Å². The van der Waals surface area contributed by atoms with E-state index >= 15 is 0 Å². The van der Waals surface area contributed by atoms with Crippen LogP contribution < -0.4 is 10.6 Å². The molecule has 2 atom stereocenters. The highest BCUT2D eigenvalue weighted by atomic mass is 35.5. The Bertz CT molecular complexity index is 1050. The summed E-state index contributed by atoms with van der Waals surface area (Å²) in [6, 6.07) is 5.13. The van der Waals surface area contributed by atoms with Crippen molar-refractivity contribution < 1.29 is 22.4 Å². The van der Waals surface area contributed by atoms with Crippen LogP contribution in [0, 0.1) is 0 Å². The van der Waals surface area contributed by atoms with E-state index in [1.54, 1.807) is 24.3 Å². The summed E-state index contributed by atoms with van der Waals surface area (Å²) in [5.41, 5.74) is 0.168. The van der Waals surface area contributed by atoms with E-state index in [0.29, 0.717) is 5.76 Å². The first-order valence-electron chi connectivity index (χ1n) is 8.45. The molecule has 152 valence electrons. The number of alkyl halides is 3. The smallest absolute Gasteiger partial charge is 0.410 e. The maximum absolute atomic E-state index is 13.6. The molecule has 3 heterocycles. The van der Waals surface area contributed by atoms with Gasteiger partial charge in [-0.25, -0.2) is 4.68 Å². The van der Waals surface area contributed by atoms with Crippen LogP contribution in [-0.4, -0.2) is 21.9 Å². The maximum Gasteiger partial charge on any atom is 0.410 e. The molecule has 29 heavy (non-hydrogen) atoms. The monoisotopic (exact) mass is 444 g/mol. The number of aromatic nitrogens is 2. The Kier molecular flexibility index (Phi) is 4.95. The zero-order valence-corrected chi connectivity index (χ0v) is 16.0. The van der Waals surface area contributed by atoms with E-state index in [1.807, 2.05) is 0 Å². The van der Waals surface area contributed by atoms with Crippen molar-refractivity contribution in [3.63, 3.8) is 0 Å². The van der Waals surface area contributed by atoms with Crippen molar-refractivity contribution in [3.8, 4) is 0 Å². The fraction of sp³-hybridized carbons (Fsp3) is 0.222. The van der Waals surface area contributed by atoms with Gasteiger partial charge in [-0.1, -0.05) is 29.3 Å². The molecule has 0 saturated heterocycles. The number of rotatable bonds is 3. The lowest BCUT2D eigenvalue weighted by Crippen LogP contribution is -2.36. The first-order chi connectivity index (χ1) is 13.8. The van der Waals surface area contributed by atoms with Crippen molar-refractivity contribution in [2.24, 2.45) is 0 Å². The van der Waals surface area contributed by atoms with Gasteiger partial charge in [-0.2, -0.15) is 18.3 Å². The standard InChI is InChI=1S/C18H13Cl2F3N4O2/c19-10-3-1-4-11(15(10)20)26-17(28)9-8-24-27-14(18(21,22)23)7-12(25-16(9)27)13-5-2-6-29-13/h1-6,8,12,14,25H,7H2,(H,26,28)/t12-,14-/m1/s1. The highest BCUT2D eigenvalue weighted by Crippen LogP contribution is 2.44. The van der Waals surface area contributed by atoms with Gasteiger partial charge in [-0.15, -0.1) is 0 Å². The molecule has 0 bridgehead atoms. The van der Waals surface area contributed by atoms with Crippen molar-refractivity contribution in [1.82, 2.24) is 9.78 Å². The number of fused-ring (bicyclic) bond motifs is 1. The van der Waals surface area contributed by atoms with Crippen LogP contribution in [0.4, 0.5) is 24.7 Å². The first-order valence-corrected chi connectivity index (χ1v) is 9.21. The van der Waals surface area contributed by atoms with Crippen molar-refractivity contribution in [1.29, 1.82) is 0 Å². The normalized spacial score (nSPS) is 18.8. The fourth-order valence-electron chi connectivity index (χ4n) is 3.19. The third kappa shape index (κ3) is 3.67. The lowest BCUT2D eigenvalue weighted by Gasteiger charge is -2.32. The lowest BCUT2D eigenvalue weighted by atomic mass is 10.0. The largest absolute Gasteiger partial charge is 0.467 e. The molecule has 0 saturated carbocycles. The van der Waals surface area contributed by atoms with Crippen LogP contribution in [-0.2, 0) is 0 Å². The Morgan fingerprint density at radius 1 is 1.28 bits per heavy atom. The molecule has 0 spiro atoms. The van der Waals surface area contributed by atoms with Gasteiger partial charge in [-0.3, -0.25) is 4.79 Å². The molecular formula is C18H13Cl2F3N4O2. The molecule has 2 aromatic heterocycles. The van der Waals surface area contributed by atoms with E-state index in [0.717, 1.165) is 10.9 Å². The van der Waals surface area contributed by atoms with E-state index in [1.165, 1.54) is 12.3 Å². The molecular weight excluding hydrogens is 432 g/mol. The van der Waals surface area contributed by atoms with Crippen LogP contribution in [0.25, 0.3) is 0 Å². The topological polar surface area (TPSA) is 72.1 Å². The summed E-state index contributed by atoms with van der Waals surface area (Å²) < 4.78 is 46.9. The van der Waals surface area contributed by atoms with Gasteiger partial charge in [0.1, 0.15) is 17.1 Å². The molecule has 1 aliphatic heterocycles. The van der Waals surface area contributed by atoms with E-state index in [-0.39, 0.29) is 33.5 Å². The van der Waals surface area contributed by atoms with E-state index in [2.05, 4.69) is 15.7 Å². The third-order valence-electron chi connectivity index (χ3n) is 4.57. The zero-order valence-electron chi connectivity index (χ0n) is 14.5. The Balaban J connectivity index is 1.70. The van der Waals surface area contributed by atoms with Crippen LogP contribution in [0.5, 0.6) is 0 Å². The minimum Gasteiger partial charge on any atom is -0.467 e. The second-order valence-corrected chi connectivity index (χ2v) is 7.20. The fourth-order valence-corrected chi connectivity index (χ4v) is 3.54. The number of carbonyl (C=O) groups excluding carboxylic acids is 1. The van der Waals surface area contributed by atoms with Gasteiger partial charge in [0.15, 0.2) is 6.04 Å². The van der Waals surface area contributed by atoms with E-state index in [9.17, 15) is 18.0 Å². The van der Waals surface area contributed by atoms with Crippen LogP contribution in [0.3, 0.4) is 0 Å². The quantitative estimate of drug-likeness (QED) is 0.543. The minimum atomic E-state index is -4.56. The van der Waals surface area contributed by atoms with E-state index < -0.39 is 24.2 Å². The van der Waals surface area contributed by atoms with Gasteiger partial charge in [0, 0.05) is 6.42 Å². The number of benzene rings is 1. The molecule has 0 unspecified atom stereocenters. The number of furan rings is 1. The van der Waals surface area contributed by atoms with Crippen LogP contribution in [0.2, 0.25) is 10.0 Å². The van der Waals surface area contributed by atoms with Gasteiger partial charge in [-0.05, 0) is 24.3 Å². The summed E-state index contributed by atoms with van der Waals surface area (Å²) in [6.45, 7) is 0. The number of hydrogen-bond donors (Lipinski definition) is 2. The van der Waals surface area contributed by atoms with Crippen molar-refractivity contribution in [3.05, 3.63) is 64.2 Å². The predicted octanol–water partition coefficient (Wildman–Crippen LogP) is 5.70. The molecule has 3 aromatic rings. The number of hydrogen-bond acceptors (Lipinski definition) is 4. The summed E-state index contributed by atoms with van der Waals surface area (Å²) in [5.74, 6) is -0.407. The number of nitrogens with one attached hydrogen (secondary N) is 2. The van der Waals surface area contributed by atoms with Gasteiger partial charge < -0.3 is 15.1 Å². The molecule has 1 aliphatic rings. The molecule has 0 radical (unpaired) electrons. The number of amides is 1. The summed E-state index contributed by atoms with van der Waals surface area (Å²) in [7, 11) is 0. The SMILES string of the molecule is O=C(Nc1cccc(Cl)c1Cl)c1cnn2c1N[C@@H](c1ccco1)C[C@@H]2C(F)(F)F. The zero-order chi connectivity index (χ0) is 20.8. The second kappa shape index (κ2) is 7.31. The summed E-state index contributed by atoms with van der Waals surface area (Å²) in [6.07, 6.45) is -2.43. The molecule has 1 amide bonds. The molecule has 1 aromatic carbocycles. The Morgan fingerprint density at radius 3 is 2.76 bits per heavy atom. The maximum atomic E-state index is 13.6. The average molecular weight is 445 g/mol. The van der Waals surface area contributed by atoms with Gasteiger partial charge in [0.25, 0.3) is 5.91 Å². The number of halogens is 5. The van der Waals surface area contributed by atoms with Crippen LogP contribution in [0.1, 0.15) is 34.6 Å². The van der Waals surface area contributed by atoms with Crippen LogP contribution >= 0.6 is 23.2 Å². The highest BCUT2D eigenvalue weighted by Gasteiger charge is 2.47. The third-order valence-corrected chi connectivity index (χ3v) is 5.39. The molecule has 2 N–H and O–H groups in total. The highest BCUT2D eigenvalue weighted by molar-refractivity contribution is 6.44. The van der Waals surface area contributed by atoms with Gasteiger partial charge in [0.05, 0.1) is 34.2 Å². The lowest BCUT2D eigenvalue weighted by molar-refractivity contribution is -0.174. The summed E-state index contributed by atoms with van der Waals surface area (Å²) >= 11 is 12.0. The minimum absolute atomic E-state index is 0.0596. The first kappa shape index (κ1) is 19.7. The molecule has 4 rings (SSSR count). The predicted molar refractivity (Wildman–Crippen MR) is 101 cm³/mol. The molecule has 6 nitrogen and oxygen atoms in total. The Morgan fingerprint density at radius 2 is 2.07 bits per heavy atom. The second-order valence-electron chi connectivity index (χ2n) is 6.41. The number of nitrogens with zero attached hydrogens (tertiary/aromatic N) is 2.